The van der Waals surface area contributed by atoms with E-state index >= 15 is 0 Å². The van der Waals surface area contributed by atoms with Crippen LogP contribution in [0, 0.1) is 23.8 Å². The molecule has 5 atom stereocenters. The number of nitrogens with zero attached hydrogens (tertiary/aromatic N) is 4. The van der Waals surface area contributed by atoms with Crippen molar-refractivity contribution >= 4 is 40.9 Å². The van der Waals surface area contributed by atoms with Crippen LogP contribution in [-0.4, -0.2) is 130 Å². The molecule has 1 saturated carbocycles. The lowest BCUT2D eigenvalue weighted by molar-refractivity contribution is -0.688. The summed E-state index contributed by atoms with van der Waals surface area (Å²) in [6.07, 6.45) is 10.8. The van der Waals surface area contributed by atoms with Crippen LogP contribution in [0.4, 0.5) is 5.69 Å². The fourth-order valence-electron chi connectivity index (χ4n) is 8.75. The molecule has 1 saturated heterocycles. The average Bonchev–Trinajstić information content (AvgIpc) is 3.78. The van der Waals surface area contributed by atoms with E-state index < -0.39 is 60.6 Å². The van der Waals surface area contributed by atoms with Gasteiger partial charge in [-0.15, -0.1) is 0 Å². The van der Waals surface area contributed by atoms with E-state index in [0.29, 0.717) is 37.9 Å². The van der Waals surface area contributed by atoms with E-state index in [1.54, 1.807) is 17.9 Å². The number of carbonyl (C=O) groups excluding carboxylic acids is 4. The third kappa shape index (κ3) is 17.9. The van der Waals surface area contributed by atoms with Crippen LogP contribution in [0.15, 0.2) is 41.7 Å². The Bertz CT molecular complexity index is 2050. The fourth-order valence-corrected chi connectivity index (χ4v) is 8.75. The Labute approximate surface area is 398 Å². The van der Waals surface area contributed by atoms with Crippen LogP contribution in [0.5, 0.6) is 5.75 Å². The number of Topliss-reactive ketones (excluding diaryl/α,β-unsaturated/α-hetero) is 1. The van der Waals surface area contributed by atoms with Gasteiger partial charge in [0.05, 0.1) is 31.4 Å². The van der Waals surface area contributed by atoms with Crippen LogP contribution < -0.4 is 25.7 Å². The first-order valence-corrected chi connectivity index (χ1v) is 23.8. The van der Waals surface area contributed by atoms with E-state index in [1.807, 2.05) is 48.4 Å². The molecule has 1 aromatic carbocycles. The highest BCUT2D eigenvalue weighted by molar-refractivity contribution is 5.94. The van der Waals surface area contributed by atoms with E-state index in [0.717, 1.165) is 81.0 Å². The van der Waals surface area contributed by atoms with Crippen LogP contribution in [0.2, 0.25) is 0 Å². The normalized spacial score (nSPS) is 19.4. The number of amides is 3. The average molecular weight is 951 g/mol. The number of carboxylic acid groups (broad SMARTS) is 1. The quantitative estimate of drug-likeness (QED) is 0.0252. The number of ether oxygens (including phenoxy) is 2. The van der Waals surface area contributed by atoms with Crippen LogP contribution >= 0.6 is 0 Å². The second kappa shape index (κ2) is 28.2. The van der Waals surface area contributed by atoms with E-state index in [-0.39, 0.29) is 68.2 Å². The van der Waals surface area contributed by atoms with Crippen molar-refractivity contribution in [2.45, 2.75) is 160 Å². The highest BCUT2D eigenvalue weighted by atomic mass is 16.7. The number of nitrogens with two attached hydrogens (primary N) is 1. The Morgan fingerprint density at radius 3 is 2.25 bits per heavy atom. The summed E-state index contributed by atoms with van der Waals surface area (Å²) in [6.45, 7) is 2.38. The second-order valence-corrected chi connectivity index (χ2v) is 18.3. The van der Waals surface area contributed by atoms with Gasteiger partial charge in [0.15, 0.2) is 24.7 Å². The number of unbranched alkanes of at least 4 members (excludes halogenated alkanes) is 5. The third-order valence-corrected chi connectivity index (χ3v) is 12.7. The summed E-state index contributed by atoms with van der Waals surface area (Å²) in [4.78, 5) is 67.6. The van der Waals surface area contributed by atoms with E-state index in [1.165, 1.54) is 0 Å². The van der Waals surface area contributed by atoms with Crippen molar-refractivity contribution in [1.29, 1.82) is 5.26 Å². The molecule has 1 aliphatic carbocycles. The van der Waals surface area contributed by atoms with E-state index in [9.17, 15) is 49.7 Å². The monoisotopic (exact) mass is 951 g/mol. The molecular formula is C49H72N7O12+. The number of benzene rings is 1. The number of pyridine rings is 1. The van der Waals surface area contributed by atoms with Crippen molar-refractivity contribution in [3.63, 3.8) is 0 Å². The SMILES string of the molecule is Cc1cc(C[n+]2ccc(CC(CCCCCCCCC(=O)N(C)CC3(CO)CCCC3)=NC#N)cc2)cc(NC(=O)CCCC(=O)C(CN)NC(=O)CCC(=O)O)c1OC1OCC(O)[C@H](O)[C@@H]1O. The molecule has 19 nitrogen and oxygen atoms in total. The zero-order valence-electron chi connectivity index (χ0n) is 39.6. The summed E-state index contributed by atoms with van der Waals surface area (Å²) in [7, 11) is 1.85. The zero-order valence-corrected chi connectivity index (χ0v) is 39.6. The second-order valence-electron chi connectivity index (χ2n) is 18.3. The largest absolute Gasteiger partial charge is 0.481 e. The van der Waals surface area contributed by atoms with E-state index in [2.05, 4.69) is 15.6 Å². The number of nitrogens with one attached hydrogen (secondary N) is 2. The molecule has 3 unspecified atom stereocenters. The van der Waals surface area contributed by atoms with E-state index in [4.69, 9.17) is 20.3 Å². The van der Waals surface area contributed by atoms with Crippen molar-refractivity contribution in [3.05, 3.63) is 53.3 Å². The van der Waals surface area contributed by atoms with Crippen molar-refractivity contribution in [1.82, 2.24) is 10.2 Å². The summed E-state index contributed by atoms with van der Waals surface area (Å²) < 4.78 is 13.4. The first-order valence-electron chi connectivity index (χ1n) is 23.8. The lowest BCUT2D eigenvalue weighted by Gasteiger charge is -2.35. The van der Waals surface area contributed by atoms with Gasteiger partial charge in [-0.05, 0) is 68.7 Å². The standard InChI is InChI=1S/C49H71N7O12/c1-33-24-35(26-37(47(33)68-48-46(66)45(65)40(59)29-67-48)53-41(60)14-11-13-39(58)38(27-50)54-42(61)16-17-44(63)64)28-56-22-18-34(19-23-56)25-36(52-32-51)12-7-5-3-4-6-8-15-43(62)55(2)30-49(31-57)20-9-10-21-49/h18-19,22-24,26,38,40,45-46,48,57,59,65-66H,3-17,20-21,25,27-31,50H2,1-2H3,(H2-,53,54,60,61,63,64)/p+1/t38?,40?,45-,46-,48?/m0/s1. The molecule has 1 aliphatic heterocycles. The molecule has 0 radical (unpaired) electrons. The molecule has 374 valence electrons. The maximum absolute atomic E-state index is 13.3. The first-order chi connectivity index (χ1) is 32.6. The Morgan fingerprint density at radius 2 is 1.60 bits per heavy atom. The highest BCUT2D eigenvalue weighted by Crippen LogP contribution is 2.38. The van der Waals surface area contributed by atoms with Gasteiger partial charge in [0.1, 0.15) is 24.1 Å². The molecule has 0 spiro atoms. The third-order valence-electron chi connectivity index (χ3n) is 12.7. The highest BCUT2D eigenvalue weighted by Gasteiger charge is 2.40. The summed E-state index contributed by atoms with van der Waals surface area (Å²) in [5.74, 6) is -2.36. The van der Waals surface area contributed by atoms with Crippen molar-refractivity contribution in [3.8, 4) is 11.9 Å². The summed E-state index contributed by atoms with van der Waals surface area (Å²) >= 11 is 0. The number of anilines is 1. The topological polar surface area (TPSA) is 298 Å². The number of aryl methyl sites for hydroxylation is 1. The Kier molecular flexibility index (Phi) is 22.9. The maximum Gasteiger partial charge on any atom is 0.303 e. The van der Waals surface area contributed by atoms with Gasteiger partial charge in [-0.25, -0.2) is 4.57 Å². The number of ketones is 1. The number of hydrogen-bond acceptors (Lipinski definition) is 14. The van der Waals surface area contributed by atoms with Gasteiger partial charge in [-0.3, -0.25) is 24.0 Å². The maximum atomic E-state index is 13.3. The number of aliphatic carboxylic acids is 1. The zero-order chi connectivity index (χ0) is 49.6. The molecule has 2 aromatic rings. The lowest BCUT2D eigenvalue weighted by Crippen LogP contribution is -2.54. The molecule has 68 heavy (non-hydrogen) atoms. The molecule has 4 rings (SSSR count). The Hall–Kier alpha value is -5.36. The van der Waals surface area contributed by atoms with Gasteiger partial charge in [-0.2, -0.15) is 10.3 Å². The Morgan fingerprint density at radius 1 is 0.926 bits per heavy atom. The van der Waals surface area contributed by atoms with Crippen molar-refractivity contribution in [2.24, 2.45) is 16.1 Å². The minimum absolute atomic E-state index is 0.0893. The predicted molar refractivity (Wildman–Crippen MR) is 250 cm³/mol. The van der Waals surface area contributed by atoms with Crippen LogP contribution in [0.3, 0.4) is 0 Å². The number of aliphatic hydroxyl groups is 4. The lowest BCUT2D eigenvalue weighted by atomic mass is 9.86. The summed E-state index contributed by atoms with van der Waals surface area (Å²) in [6, 6.07) is 6.41. The molecule has 2 fully saturated rings. The molecule has 9 N–H and O–H groups in total. The fraction of sp³-hybridized carbons (Fsp3) is 0.633. The minimum atomic E-state index is -1.60. The van der Waals surface area contributed by atoms with Gasteiger partial charge < -0.3 is 56.3 Å². The van der Waals surface area contributed by atoms with Crippen LogP contribution in [0.1, 0.15) is 126 Å². The molecule has 3 amide bonds. The number of hydrogen-bond donors (Lipinski definition) is 8. The van der Waals surface area contributed by atoms with Crippen molar-refractivity contribution in [2.75, 3.05) is 38.7 Å². The van der Waals surface area contributed by atoms with Gasteiger partial charge in [0, 0.05) is 81.1 Å². The molecule has 1 aromatic heterocycles. The predicted octanol–water partition coefficient (Wildman–Crippen LogP) is 2.73. The Balaban J connectivity index is 1.30. The number of nitriles is 1. The minimum Gasteiger partial charge on any atom is -0.481 e. The smallest absolute Gasteiger partial charge is 0.303 e. The molecular weight excluding hydrogens is 879 g/mol. The number of carboxylic acids is 1. The number of carbonyl (C=O) groups is 5. The van der Waals surface area contributed by atoms with Gasteiger partial charge in [0.25, 0.3) is 0 Å². The first kappa shape index (κ1) is 55.2. The van der Waals surface area contributed by atoms with Crippen LogP contribution in [-0.2, 0) is 41.7 Å². The number of aromatic nitrogens is 1. The van der Waals surface area contributed by atoms with Gasteiger partial charge in [-0.1, -0.05) is 38.5 Å². The molecule has 2 heterocycles. The number of rotatable bonds is 29. The van der Waals surface area contributed by atoms with Crippen LogP contribution in [0.25, 0.3) is 0 Å². The molecule has 0 bridgehead atoms. The van der Waals surface area contributed by atoms with Gasteiger partial charge >= 0.3 is 5.97 Å². The van der Waals surface area contributed by atoms with Crippen molar-refractivity contribution < 1.29 is 63.5 Å². The van der Waals surface area contributed by atoms with Gasteiger partial charge in [0.2, 0.25) is 30.2 Å². The molecule has 2 aliphatic rings. The summed E-state index contributed by atoms with van der Waals surface area (Å²) in [5.41, 5.74) is 8.89. The summed E-state index contributed by atoms with van der Waals surface area (Å²) in [5, 5.41) is 64.2. The molecule has 19 heteroatoms. The number of aliphatic hydroxyl groups excluding tert-OH is 4. The number of aliphatic imine (C=N–C) groups is 1.